The molecule has 0 bridgehead atoms. The van der Waals surface area contributed by atoms with Crippen LogP contribution in [0.1, 0.15) is 19.4 Å². The summed E-state index contributed by atoms with van der Waals surface area (Å²) in [4.78, 5) is 27.4. The highest BCUT2D eigenvalue weighted by Gasteiger charge is 2.40. The summed E-state index contributed by atoms with van der Waals surface area (Å²) in [5.74, 6) is -0.00523. The first-order valence-corrected chi connectivity index (χ1v) is 9.54. The summed E-state index contributed by atoms with van der Waals surface area (Å²) in [7, 11) is 1.56. The van der Waals surface area contributed by atoms with Gasteiger partial charge < -0.3 is 10.1 Å². The van der Waals surface area contributed by atoms with Crippen LogP contribution in [0.15, 0.2) is 48.2 Å². The van der Waals surface area contributed by atoms with Crippen molar-refractivity contribution in [3.8, 4) is 5.75 Å². The zero-order chi connectivity index (χ0) is 20.4. The molecule has 146 valence electrons. The molecule has 2 aromatic carbocycles. The van der Waals surface area contributed by atoms with E-state index in [1.165, 1.54) is 4.90 Å². The van der Waals surface area contributed by atoms with E-state index in [1.807, 2.05) is 13.8 Å². The summed E-state index contributed by atoms with van der Waals surface area (Å²) in [6, 6.07) is 12.0. The van der Waals surface area contributed by atoms with Crippen molar-refractivity contribution in [3.05, 3.63) is 63.8 Å². The van der Waals surface area contributed by atoms with Gasteiger partial charge >= 0.3 is 0 Å². The number of carbonyl (C=O) groups excluding carboxylic acids is 2. The molecule has 0 aromatic heterocycles. The monoisotopic (exact) mass is 418 g/mol. The van der Waals surface area contributed by atoms with Crippen molar-refractivity contribution in [3.63, 3.8) is 0 Å². The number of halogens is 2. The molecule has 1 N–H and O–H groups in total. The minimum atomic E-state index is -0.387. The van der Waals surface area contributed by atoms with Gasteiger partial charge in [0.2, 0.25) is 0 Å². The van der Waals surface area contributed by atoms with Crippen molar-refractivity contribution in [1.29, 1.82) is 0 Å². The van der Waals surface area contributed by atoms with Crippen molar-refractivity contribution in [2.24, 2.45) is 5.92 Å². The first kappa shape index (κ1) is 20.2. The summed E-state index contributed by atoms with van der Waals surface area (Å²) in [5, 5.41) is 3.84. The Hall–Kier alpha value is -2.50. The van der Waals surface area contributed by atoms with Gasteiger partial charge in [-0.2, -0.15) is 0 Å². The molecule has 5 nitrogen and oxygen atoms in total. The van der Waals surface area contributed by atoms with Crippen LogP contribution in [0.4, 0.5) is 5.69 Å². The molecule has 0 radical (unpaired) electrons. The van der Waals surface area contributed by atoms with Crippen LogP contribution in [-0.2, 0) is 9.59 Å². The zero-order valence-electron chi connectivity index (χ0n) is 15.8. The van der Waals surface area contributed by atoms with Gasteiger partial charge in [0.25, 0.3) is 11.8 Å². The maximum absolute atomic E-state index is 13.1. The van der Waals surface area contributed by atoms with Crippen molar-refractivity contribution in [2.45, 2.75) is 13.8 Å². The predicted molar refractivity (Wildman–Crippen MR) is 112 cm³/mol. The Kier molecular flexibility index (Phi) is 5.96. The van der Waals surface area contributed by atoms with Crippen LogP contribution in [0.2, 0.25) is 10.0 Å². The number of rotatable bonds is 6. The average molecular weight is 419 g/mol. The number of benzene rings is 2. The van der Waals surface area contributed by atoms with Crippen LogP contribution in [0.5, 0.6) is 5.75 Å². The van der Waals surface area contributed by atoms with Gasteiger partial charge in [0.15, 0.2) is 0 Å². The quantitative estimate of drug-likeness (QED) is 0.681. The highest BCUT2D eigenvalue weighted by molar-refractivity contribution is 6.41. The Morgan fingerprint density at radius 2 is 1.82 bits per heavy atom. The van der Waals surface area contributed by atoms with E-state index in [0.29, 0.717) is 33.6 Å². The van der Waals surface area contributed by atoms with Crippen molar-refractivity contribution >= 4 is 46.3 Å². The second kappa shape index (κ2) is 8.25. The van der Waals surface area contributed by atoms with Crippen LogP contribution in [0.3, 0.4) is 0 Å². The van der Waals surface area contributed by atoms with Crippen molar-refractivity contribution in [1.82, 2.24) is 4.90 Å². The Balaban J connectivity index is 2.10. The zero-order valence-corrected chi connectivity index (χ0v) is 17.3. The lowest BCUT2D eigenvalue weighted by Crippen LogP contribution is -2.35. The van der Waals surface area contributed by atoms with Gasteiger partial charge in [0, 0.05) is 28.9 Å². The second-order valence-corrected chi connectivity index (χ2v) is 7.69. The molecule has 0 aliphatic carbocycles. The van der Waals surface area contributed by atoms with Crippen LogP contribution in [0.25, 0.3) is 5.57 Å². The molecule has 0 saturated carbocycles. The highest BCUT2D eigenvalue weighted by atomic mass is 35.5. The molecule has 3 rings (SSSR count). The van der Waals surface area contributed by atoms with E-state index in [9.17, 15) is 9.59 Å². The third-order valence-electron chi connectivity index (χ3n) is 4.26. The first-order valence-electron chi connectivity index (χ1n) is 8.78. The molecular formula is C21H20Cl2N2O3. The molecule has 1 aliphatic heterocycles. The second-order valence-electron chi connectivity index (χ2n) is 6.85. The van der Waals surface area contributed by atoms with E-state index in [-0.39, 0.29) is 29.0 Å². The molecular weight excluding hydrogens is 399 g/mol. The number of nitrogens with zero attached hydrogens (tertiary/aromatic N) is 1. The molecule has 0 fully saturated rings. The molecule has 7 heteroatoms. The number of amides is 2. The van der Waals surface area contributed by atoms with Gasteiger partial charge in [0.1, 0.15) is 11.4 Å². The number of imide groups is 1. The van der Waals surface area contributed by atoms with Crippen LogP contribution >= 0.6 is 23.2 Å². The van der Waals surface area contributed by atoms with Crippen LogP contribution in [-0.4, -0.2) is 30.4 Å². The van der Waals surface area contributed by atoms with Crippen molar-refractivity contribution in [2.75, 3.05) is 19.0 Å². The van der Waals surface area contributed by atoms with E-state index in [2.05, 4.69) is 5.32 Å². The largest absolute Gasteiger partial charge is 0.497 e. The van der Waals surface area contributed by atoms with Gasteiger partial charge in [-0.1, -0.05) is 49.2 Å². The first-order chi connectivity index (χ1) is 13.3. The van der Waals surface area contributed by atoms with Gasteiger partial charge in [-0.15, -0.1) is 0 Å². The summed E-state index contributed by atoms with van der Waals surface area (Å²) in [6.45, 7) is 4.21. The molecule has 28 heavy (non-hydrogen) atoms. The topological polar surface area (TPSA) is 58.6 Å². The van der Waals surface area contributed by atoms with Crippen LogP contribution < -0.4 is 10.1 Å². The molecule has 1 aliphatic rings. The maximum Gasteiger partial charge on any atom is 0.278 e. The number of anilines is 1. The number of hydrogen-bond donors (Lipinski definition) is 1. The lowest BCUT2D eigenvalue weighted by molar-refractivity contribution is -0.137. The number of nitrogens with one attached hydrogen (secondary N) is 1. The lowest BCUT2D eigenvalue weighted by atomic mass is 10.0. The number of hydrogen-bond acceptors (Lipinski definition) is 4. The lowest BCUT2D eigenvalue weighted by Gasteiger charge is -2.17. The van der Waals surface area contributed by atoms with Gasteiger partial charge in [-0.3, -0.25) is 14.5 Å². The van der Waals surface area contributed by atoms with E-state index >= 15 is 0 Å². The van der Waals surface area contributed by atoms with Crippen LogP contribution in [0, 0.1) is 5.92 Å². The standard InChI is InChI=1S/C21H20Cl2N2O3/c1-12(2)11-25-20(26)18(16-8-7-13(22)9-17(16)23)19(21(25)27)24-14-5-4-6-15(10-14)28-3/h4-10,12,24H,11H2,1-3H3. The Bertz CT molecular complexity index is 970. The number of ether oxygens (including phenoxy) is 1. The summed E-state index contributed by atoms with van der Waals surface area (Å²) in [5.41, 5.74) is 1.50. The summed E-state index contributed by atoms with van der Waals surface area (Å²) >= 11 is 12.3. The smallest absolute Gasteiger partial charge is 0.278 e. The highest BCUT2D eigenvalue weighted by Crippen LogP contribution is 2.36. The summed E-state index contributed by atoms with van der Waals surface area (Å²) in [6.07, 6.45) is 0. The molecule has 2 aromatic rings. The van der Waals surface area contributed by atoms with E-state index in [1.54, 1.807) is 49.6 Å². The van der Waals surface area contributed by atoms with E-state index in [0.717, 1.165) is 0 Å². The minimum absolute atomic E-state index is 0.131. The number of carbonyl (C=O) groups is 2. The van der Waals surface area contributed by atoms with Gasteiger partial charge in [-0.25, -0.2) is 0 Å². The molecule has 0 spiro atoms. The number of methoxy groups -OCH3 is 1. The van der Waals surface area contributed by atoms with E-state index < -0.39 is 0 Å². The fraction of sp³-hybridized carbons (Fsp3) is 0.238. The summed E-state index contributed by atoms with van der Waals surface area (Å²) < 4.78 is 5.23. The predicted octanol–water partition coefficient (Wildman–Crippen LogP) is 4.85. The minimum Gasteiger partial charge on any atom is -0.497 e. The SMILES string of the molecule is COc1cccc(NC2=C(c3ccc(Cl)cc3Cl)C(=O)N(CC(C)C)C2=O)c1. The maximum atomic E-state index is 13.1. The molecule has 0 atom stereocenters. The van der Waals surface area contributed by atoms with Crippen molar-refractivity contribution < 1.29 is 14.3 Å². The Morgan fingerprint density at radius 3 is 2.46 bits per heavy atom. The Morgan fingerprint density at radius 1 is 1.07 bits per heavy atom. The Labute approximate surface area is 173 Å². The van der Waals surface area contributed by atoms with Gasteiger partial charge in [-0.05, 0) is 30.2 Å². The fourth-order valence-corrected chi connectivity index (χ4v) is 3.51. The van der Waals surface area contributed by atoms with Gasteiger partial charge in [0.05, 0.1) is 17.7 Å². The molecule has 0 unspecified atom stereocenters. The van der Waals surface area contributed by atoms with E-state index in [4.69, 9.17) is 27.9 Å². The average Bonchev–Trinajstić information content (AvgIpc) is 2.86. The molecule has 2 amide bonds. The fourth-order valence-electron chi connectivity index (χ4n) is 3.01. The third-order valence-corrected chi connectivity index (χ3v) is 4.80. The third kappa shape index (κ3) is 4.01. The molecule has 1 heterocycles. The molecule has 0 saturated heterocycles. The normalized spacial score (nSPS) is 14.3.